The highest BCUT2D eigenvalue weighted by Gasteiger charge is 2.16. The second kappa shape index (κ2) is 10.7. The third-order valence-electron chi connectivity index (χ3n) is 8.04. The summed E-state index contributed by atoms with van der Waals surface area (Å²) in [4.78, 5) is 2.33. The molecule has 0 radical (unpaired) electrons. The largest absolute Gasteiger partial charge is 0.310 e. The molecule has 0 saturated carbocycles. The number of nitrogens with zero attached hydrogens (tertiary/aromatic N) is 2. The Morgan fingerprint density at radius 3 is 1.86 bits per heavy atom. The van der Waals surface area contributed by atoms with Crippen molar-refractivity contribution in [3.8, 4) is 28.3 Å². The quantitative estimate of drug-likeness (QED) is 0.219. The molecule has 0 N–H and O–H groups in total. The van der Waals surface area contributed by atoms with Crippen molar-refractivity contribution in [2.45, 2.75) is 6.92 Å². The predicted octanol–water partition coefficient (Wildman–Crippen LogP) is 11.0. The van der Waals surface area contributed by atoms with Crippen LogP contribution in [-0.4, -0.2) is 0 Å². The number of hydrogen-bond donors (Lipinski definition) is 0. The Labute approximate surface area is 246 Å². The molecule has 0 aromatic heterocycles. The molecule has 0 amide bonds. The van der Waals surface area contributed by atoms with Gasteiger partial charge in [0, 0.05) is 16.8 Å². The van der Waals surface area contributed by atoms with E-state index in [9.17, 15) is 5.26 Å². The molecule has 7 aromatic rings. The van der Waals surface area contributed by atoms with Crippen LogP contribution < -0.4 is 4.90 Å². The molecule has 0 bridgehead atoms. The highest BCUT2D eigenvalue weighted by Crippen LogP contribution is 2.41. The van der Waals surface area contributed by atoms with Gasteiger partial charge in [-0.25, -0.2) is 0 Å². The van der Waals surface area contributed by atoms with E-state index >= 15 is 0 Å². The summed E-state index contributed by atoms with van der Waals surface area (Å²) in [5, 5.41) is 14.2. The number of para-hydroxylation sites is 1. The summed E-state index contributed by atoms with van der Waals surface area (Å²) in [5.41, 5.74) is 9.91. The van der Waals surface area contributed by atoms with Crippen LogP contribution >= 0.6 is 0 Å². The van der Waals surface area contributed by atoms with Gasteiger partial charge in [-0.05, 0) is 93.4 Å². The molecule has 0 aliphatic carbocycles. The maximum Gasteiger partial charge on any atom is 0.0991 e. The molecule has 0 fully saturated rings. The van der Waals surface area contributed by atoms with E-state index in [0.29, 0.717) is 5.56 Å². The van der Waals surface area contributed by atoms with E-state index < -0.39 is 0 Å². The molecule has 0 heterocycles. The van der Waals surface area contributed by atoms with E-state index in [4.69, 9.17) is 0 Å². The molecule has 0 atom stereocenters. The van der Waals surface area contributed by atoms with Gasteiger partial charge in [-0.3, -0.25) is 0 Å². The zero-order valence-corrected chi connectivity index (χ0v) is 23.3. The zero-order chi connectivity index (χ0) is 28.5. The second-order valence-corrected chi connectivity index (χ2v) is 10.6. The van der Waals surface area contributed by atoms with Crippen LogP contribution in [0.5, 0.6) is 0 Å². The summed E-state index contributed by atoms with van der Waals surface area (Å²) in [6, 6.07) is 55.6. The predicted molar refractivity (Wildman–Crippen MR) is 176 cm³/mol. The molecule has 7 aromatic carbocycles. The molecule has 0 saturated heterocycles. The third kappa shape index (κ3) is 4.48. The number of aryl methyl sites for hydroxylation is 1. The van der Waals surface area contributed by atoms with Crippen molar-refractivity contribution in [2.75, 3.05) is 4.90 Å². The van der Waals surface area contributed by atoms with Gasteiger partial charge in [-0.15, -0.1) is 0 Å². The average molecular weight is 537 g/mol. The monoisotopic (exact) mass is 536 g/mol. The van der Waals surface area contributed by atoms with Crippen molar-refractivity contribution in [2.24, 2.45) is 0 Å². The van der Waals surface area contributed by atoms with Gasteiger partial charge in [0.05, 0.1) is 17.3 Å². The van der Waals surface area contributed by atoms with Crippen LogP contribution in [-0.2, 0) is 0 Å². The maximum atomic E-state index is 9.31. The van der Waals surface area contributed by atoms with Gasteiger partial charge in [-0.1, -0.05) is 109 Å². The molecule has 2 nitrogen and oxygen atoms in total. The van der Waals surface area contributed by atoms with Crippen LogP contribution in [0.2, 0.25) is 0 Å². The minimum atomic E-state index is 0.667. The minimum Gasteiger partial charge on any atom is -0.310 e. The number of nitriles is 1. The topological polar surface area (TPSA) is 27.0 Å². The number of rotatable bonds is 5. The van der Waals surface area contributed by atoms with E-state index in [2.05, 4.69) is 145 Å². The van der Waals surface area contributed by atoms with Crippen molar-refractivity contribution in [3.63, 3.8) is 0 Å². The SMILES string of the molecule is Cc1ccc(-c2ccc(C#N)cc2)c2c(-c3ccc(N(c4ccccc4)c4cccc5ccccc45)cc3)cccc12. The first kappa shape index (κ1) is 25.3. The Kier molecular flexibility index (Phi) is 6.47. The number of fused-ring (bicyclic) bond motifs is 2. The summed E-state index contributed by atoms with van der Waals surface area (Å²) >= 11 is 0. The number of anilines is 3. The summed E-state index contributed by atoms with van der Waals surface area (Å²) in [6.45, 7) is 2.17. The Balaban J connectivity index is 1.38. The lowest BCUT2D eigenvalue weighted by molar-refractivity contribution is 1.30. The highest BCUT2D eigenvalue weighted by atomic mass is 15.1. The van der Waals surface area contributed by atoms with Crippen LogP contribution in [0.15, 0.2) is 152 Å². The molecule has 198 valence electrons. The molecule has 0 aliphatic rings. The molecular formula is C40H28N2. The van der Waals surface area contributed by atoms with Gasteiger partial charge >= 0.3 is 0 Å². The van der Waals surface area contributed by atoms with Gasteiger partial charge in [0.25, 0.3) is 0 Å². The summed E-state index contributed by atoms with van der Waals surface area (Å²) in [7, 11) is 0. The first-order valence-corrected chi connectivity index (χ1v) is 14.2. The third-order valence-corrected chi connectivity index (χ3v) is 8.04. The number of hydrogen-bond acceptors (Lipinski definition) is 2. The van der Waals surface area contributed by atoms with Gasteiger partial charge < -0.3 is 4.90 Å². The Bertz CT molecular complexity index is 2080. The van der Waals surface area contributed by atoms with Crippen LogP contribution in [0.4, 0.5) is 17.1 Å². The Morgan fingerprint density at radius 2 is 1.10 bits per heavy atom. The van der Waals surface area contributed by atoms with Crippen LogP contribution in [0, 0.1) is 18.3 Å². The standard InChI is InChI=1S/C40H28N2/c1-28-17-26-38(31-20-18-29(27-41)19-21-31)40-35(28)14-8-15-37(40)32-22-24-34(25-23-32)42(33-11-3-2-4-12-33)39-16-7-10-30-9-5-6-13-36(30)39/h2-26H,1H3. The van der Waals surface area contributed by atoms with Gasteiger partial charge in [0.1, 0.15) is 0 Å². The lowest BCUT2D eigenvalue weighted by atomic mass is 9.89. The molecular weight excluding hydrogens is 508 g/mol. The van der Waals surface area contributed by atoms with Gasteiger partial charge in [-0.2, -0.15) is 5.26 Å². The molecule has 0 spiro atoms. The van der Waals surface area contributed by atoms with Crippen LogP contribution in [0.3, 0.4) is 0 Å². The lowest BCUT2D eigenvalue weighted by Gasteiger charge is -2.27. The van der Waals surface area contributed by atoms with Crippen molar-refractivity contribution < 1.29 is 0 Å². The van der Waals surface area contributed by atoms with E-state index in [1.165, 1.54) is 38.2 Å². The minimum absolute atomic E-state index is 0.667. The van der Waals surface area contributed by atoms with E-state index in [0.717, 1.165) is 28.2 Å². The summed E-state index contributed by atoms with van der Waals surface area (Å²) in [6.07, 6.45) is 0. The highest BCUT2D eigenvalue weighted by molar-refractivity contribution is 6.08. The van der Waals surface area contributed by atoms with Crippen LogP contribution in [0.1, 0.15) is 11.1 Å². The first-order valence-electron chi connectivity index (χ1n) is 14.2. The molecule has 7 rings (SSSR count). The fraction of sp³-hybridized carbons (Fsp3) is 0.0250. The van der Waals surface area contributed by atoms with Crippen molar-refractivity contribution in [1.82, 2.24) is 0 Å². The van der Waals surface area contributed by atoms with Crippen LogP contribution in [0.25, 0.3) is 43.8 Å². The van der Waals surface area contributed by atoms with Crippen molar-refractivity contribution in [1.29, 1.82) is 5.26 Å². The average Bonchev–Trinajstić information content (AvgIpc) is 3.06. The van der Waals surface area contributed by atoms with E-state index in [1.54, 1.807) is 0 Å². The van der Waals surface area contributed by atoms with Crippen molar-refractivity contribution >= 4 is 38.6 Å². The fourth-order valence-corrected chi connectivity index (χ4v) is 5.96. The maximum absolute atomic E-state index is 9.31. The van der Waals surface area contributed by atoms with Gasteiger partial charge in [0.2, 0.25) is 0 Å². The summed E-state index contributed by atoms with van der Waals surface area (Å²) < 4.78 is 0. The molecule has 0 aliphatic heterocycles. The first-order chi connectivity index (χ1) is 20.7. The fourth-order valence-electron chi connectivity index (χ4n) is 5.96. The van der Waals surface area contributed by atoms with Gasteiger partial charge in [0.15, 0.2) is 0 Å². The second-order valence-electron chi connectivity index (χ2n) is 10.6. The van der Waals surface area contributed by atoms with E-state index in [-0.39, 0.29) is 0 Å². The summed E-state index contributed by atoms with van der Waals surface area (Å²) in [5.74, 6) is 0. The number of benzene rings is 7. The normalized spacial score (nSPS) is 11.0. The Hall–Kier alpha value is -5.65. The molecule has 2 heteroatoms. The van der Waals surface area contributed by atoms with Crippen molar-refractivity contribution in [3.05, 3.63) is 163 Å². The smallest absolute Gasteiger partial charge is 0.0991 e. The zero-order valence-electron chi connectivity index (χ0n) is 23.3. The van der Waals surface area contributed by atoms with E-state index in [1.807, 2.05) is 24.3 Å². The molecule has 0 unspecified atom stereocenters. The Morgan fingerprint density at radius 1 is 0.500 bits per heavy atom. The lowest BCUT2D eigenvalue weighted by Crippen LogP contribution is -2.10. The molecule has 42 heavy (non-hydrogen) atoms.